The Balaban J connectivity index is 1.72. The summed E-state index contributed by atoms with van der Waals surface area (Å²) in [7, 11) is 0. The topological polar surface area (TPSA) is 125 Å². The fourth-order valence-electron chi connectivity index (χ4n) is 4.69. The molecule has 0 aromatic heterocycles. The Hall–Kier alpha value is -2.61. The van der Waals surface area contributed by atoms with E-state index in [1.165, 1.54) is 6.42 Å². The second-order valence-electron chi connectivity index (χ2n) is 9.36. The number of nitrogens with zero attached hydrogens (tertiary/aromatic N) is 1. The van der Waals surface area contributed by atoms with Crippen molar-refractivity contribution >= 4 is 23.6 Å². The molecule has 0 saturated heterocycles. The summed E-state index contributed by atoms with van der Waals surface area (Å²) in [5.41, 5.74) is 6.34. The molecule has 2 saturated carbocycles. The summed E-state index contributed by atoms with van der Waals surface area (Å²) >= 11 is 0. The maximum atomic E-state index is 13.7. The van der Waals surface area contributed by atoms with Crippen molar-refractivity contribution in [1.29, 1.82) is 0 Å². The number of unbranched alkanes of at least 4 members (excludes halogenated alkanes) is 1. The molecule has 3 amide bonds. The Labute approximate surface area is 196 Å². The van der Waals surface area contributed by atoms with Crippen molar-refractivity contribution in [3.05, 3.63) is 30.3 Å². The number of hydrogen-bond acceptors (Lipinski definition) is 4. The van der Waals surface area contributed by atoms with Gasteiger partial charge in [0.25, 0.3) is 0 Å². The molecule has 0 radical (unpaired) electrons. The number of amides is 3. The van der Waals surface area contributed by atoms with Gasteiger partial charge in [0.05, 0.1) is 0 Å². The molecule has 182 valence electrons. The molecule has 1 unspecified atom stereocenters. The monoisotopic (exact) mass is 458 g/mol. The first-order chi connectivity index (χ1) is 16.0. The van der Waals surface area contributed by atoms with Gasteiger partial charge in [-0.15, -0.1) is 0 Å². The highest BCUT2D eigenvalue weighted by molar-refractivity contribution is 6.00. The van der Waals surface area contributed by atoms with Crippen molar-refractivity contribution in [2.75, 3.05) is 11.4 Å². The first-order valence-corrected chi connectivity index (χ1v) is 12.4. The van der Waals surface area contributed by atoms with Crippen LogP contribution in [0.15, 0.2) is 30.3 Å². The number of aliphatic carboxylic acids is 1. The van der Waals surface area contributed by atoms with Crippen LogP contribution in [-0.2, 0) is 9.59 Å². The lowest BCUT2D eigenvalue weighted by Gasteiger charge is -2.31. The van der Waals surface area contributed by atoms with E-state index < -0.39 is 24.1 Å². The minimum atomic E-state index is -1.08. The van der Waals surface area contributed by atoms with Gasteiger partial charge in [0, 0.05) is 11.7 Å². The number of nitrogens with one attached hydrogen (secondary N) is 2. The van der Waals surface area contributed by atoms with Gasteiger partial charge < -0.3 is 26.4 Å². The summed E-state index contributed by atoms with van der Waals surface area (Å²) in [6, 6.07) is 7.44. The predicted octanol–water partition coefficient (Wildman–Crippen LogP) is 3.40. The van der Waals surface area contributed by atoms with Gasteiger partial charge in [0.15, 0.2) is 0 Å². The Kier molecular flexibility index (Phi) is 9.54. The van der Waals surface area contributed by atoms with Gasteiger partial charge in [-0.3, -0.25) is 4.79 Å². The van der Waals surface area contributed by atoms with E-state index in [9.17, 15) is 19.5 Å². The summed E-state index contributed by atoms with van der Waals surface area (Å²) in [6.07, 6.45) is 9.70. The molecule has 2 aliphatic rings. The lowest BCUT2D eigenvalue weighted by molar-refractivity contribution is -0.139. The lowest BCUT2D eigenvalue weighted by Crippen LogP contribution is -2.55. The van der Waals surface area contributed by atoms with Crippen molar-refractivity contribution in [3.63, 3.8) is 0 Å². The van der Waals surface area contributed by atoms with Gasteiger partial charge >= 0.3 is 12.0 Å². The second kappa shape index (κ2) is 12.6. The highest BCUT2D eigenvalue weighted by Gasteiger charge is 2.38. The zero-order chi connectivity index (χ0) is 23.6. The molecule has 0 heterocycles. The molecule has 5 N–H and O–H groups in total. The minimum Gasteiger partial charge on any atom is -0.480 e. The van der Waals surface area contributed by atoms with Crippen molar-refractivity contribution in [1.82, 2.24) is 10.6 Å². The van der Waals surface area contributed by atoms with E-state index in [-0.39, 0.29) is 11.9 Å². The third-order valence-electron chi connectivity index (χ3n) is 6.63. The number of carbonyl (C=O) groups is 3. The Morgan fingerprint density at radius 1 is 0.970 bits per heavy atom. The Morgan fingerprint density at radius 2 is 1.64 bits per heavy atom. The quantitative estimate of drug-likeness (QED) is 0.357. The molecule has 2 fully saturated rings. The van der Waals surface area contributed by atoms with Crippen molar-refractivity contribution in [2.24, 2.45) is 11.7 Å². The minimum absolute atomic E-state index is 0.112. The van der Waals surface area contributed by atoms with E-state index in [1.807, 2.05) is 35.2 Å². The maximum Gasteiger partial charge on any atom is 0.326 e. The average Bonchev–Trinajstić information content (AvgIpc) is 3.64. The number of anilines is 1. The van der Waals surface area contributed by atoms with Crippen LogP contribution in [0.5, 0.6) is 0 Å². The maximum absolute atomic E-state index is 13.7. The Morgan fingerprint density at radius 3 is 2.24 bits per heavy atom. The van der Waals surface area contributed by atoms with Crippen LogP contribution in [0.1, 0.15) is 70.6 Å². The number of hydrogen-bond donors (Lipinski definition) is 4. The summed E-state index contributed by atoms with van der Waals surface area (Å²) in [4.78, 5) is 40.0. The first kappa shape index (κ1) is 25.0. The molecule has 0 bridgehead atoms. The summed E-state index contributed by atoms with van der Waals surface area (Å²) in [5.74, 6) is -0.815. The zero-order valence-corrected chi connectivity index (χ0v) is 19.4. The van der Waals surface area contributed by atoms with E-state index in [1.54, 1.807) is 0 Å². The number of carboxylic acid groups (broad SMARTS) is 1. The average molecular weight is 459 g/mol. The summed E-state index contributed by atoms with van der Waals surface area (Å²) in [6.45, 7) is 0.479. The molecule has 0 spiro atoms. The molecule has 1 aromatic rings. The predicted molar refractivity (Wildman–Crippen MR) is 128 cm³/mol. The van der Waals surface area contributed by atoms with Gasteiger partial charge in [-0.1, -0.05) is 50.3 Å². The molecule has 8 nitrogen and oxygen atoms in total. The van der Waals surface area contributed by atoms with Crippen LogP contribution >= 0.6 is 0 Å². The van der Waals surface area contributed by atoms with Gasteiger partial charge in [-0.25, -0.2) is 9.59 Å². The SMILES string of the molecule is NCCCCC(NC(=O)N[C@H](CC1CCCCC1)C(=O)N(c1ccccc1)C1CC1)C(=O)O. The second-order valence-corrected chi connectivity index (χ2v) is 9.36. The first-order valence-electron chi connectivity index (χ1n) is 12.4. The zero-order valence-electron chi connectivity index (χ0n) is 19.4. The molecule has 2 atom stereocenters. The van der Waals surface area contributed by atoms with E-state index in [2.05, 4.69) is 10.6 Å². The van der Waals surface area contributed by atoms with Crippen LogP contribution in [0, 0.1) is 5.92 Å². The highest BCUT2D eigenvalue weighted by atomic mass is 16.4. The molecule has 33 heavy (non-hydrogen) atoms. The van der Waals surface area contributed by atoms with Crippen LogP contribution < -0.4 is 21.3 Å². The normalized spacial score (nSPS) is 18.2. The lowest BCUT2D eigenvalue weighted by atomic mass is 9.84. The number of rotatable bonds is 12. The van der Waals surface area contributed by atoms with E-state index in [0.29, 0.717) is 38.1 Å². The molecule has 3 rings (SSSR count). The number of benzene rings is 1. The molecular formula is C25H38N4O4. The van der Waals surface area contributed by atoms with Crippen molar-refractivity contribution in [2.45, 2.75) is 88.8 Å². The number of carbonyl (C=O) groups excluding carboxylic acids is 2. The third kappa shape index (κ3) is 7.74. The van der Waals surface area contributed by atoms with Crippen LogP contribution in [0.25, 0.3) is 0 Å². The van der Waals surface area contributed by atoms with Gasteiger partial charge in [-0.2, -0.15) is 0 Å². The summed E-state index contributed by atoms with van der Waals surface area (Å²) in [5, 5.41) is 14.9. The van der Waals surface area contributed by atoms with Crippen LogP contribution in [0.3, 0.4) is 0 Å². The van der Waals surface area contributed by atoms with E-state index in [0.717, 1.165) is 44.2 Å². The fraction of sp³-hybridized carbons (Fsp3) is 0.640. The van der Waals surface area contributed by atoms with E-state index in [4.69, 9.17) is 5.73 Å². The van der Waals surface area contributed by atoms with Crippen LogP contribution in [0.2, 0.25) is 0 Å². The van der Waals surface area contributed by atoms with Gasteiger partial charge in [0.1, 0.15) is 12.1 Å². The number of para-hydroxylation sites is 1. The number of urea groups is 1. The molecule has 8 heteroatoms. The van der Waals surface area contributed by atoms with Crippen molar-refractivity contribution in [3.8, 4) is 0 Å². The molecule has 2 aliphatic carbocycles. The van der Waals surface area contributed by atoms with Crippen LogP contribution in [-0.4, -0.2) is 47.7 Å². The van der Waals surface area contributed by atoms with E-state index >= 15 is 0 Å². The van der Waals surface area contributed by atoms with Gasteiger partial charge in [0.2, 0.25) is 5.91 Å². The molecule has 1 aromatic carbocycles. The molecular weight excluding hydrogens is 420 g/mol. The smallest absolute Gasteiger partial charge is 0.326 e. The van der Waals surface area contributed by atoms with Crippen LogP contribution in [0.4, 0.5) is 10.5 Å². The summed E-state index contributed by atoms with van der Waals surface area (Å²) < 4.78 is 0. The Bertz CT molecular complexity index is 778. The highest BCUT2D eigenvalue weighted by Crippen LogP contribution is 2.34. The van der Waals surface area contributed by atoms with Gasteiger partial charge in [-0.05, 0) is 63.1 Å². The number of carboxylic acids is 1. The molecule has 0 aliphatic heterocycles. The largest absolute Gasteiger partial charge is 0.480 e. The van der Waals surface area contributed by atoms with Crippen molar-refractivity contribution < 1.29 is 19.5 Å². The number of nitrogens with two attached hydrogens (primary N) is 1. The third-order valence-corrected chi connectivity index (χ3v) is 6.63. The standard InChI is InChI=1S/C25H38N4O4/c26-16-8-7-13-21(24(31)32)27-25(33)28-22(17-18-9-3-1-4-10-18)23(30)29(20-14-15-20)19-11-5-2-6-12-19/h2,5-6,11-12,18,20-22H,1,3-4,7-10,13-17,26H2,(H,31,32)(H2,27,28,33)/t21?,22-/m1/s1. The fourth-order valence-corrected chi connectivity index (χ4v) is 4.69.